The number of aryl methyl sites for hydroxylation is 2. The molecule has 0 saturated carbocycles. The Labute approximate surface area is 392 Å². The summed E-state index contributed by atoms with van der Waals surface area (Å²) < 4.78 is 134. The van der Waals surface area contributed by atoms with E-state index >= 15 is 13.2 Å². The third-order valence-corrected chi connectivity index (χ3v) is 12.5. The maximum Gasteiger partial charge on any atom is 0.416 e. The van der Waals surface area contributed by atoms with Gasteiger partial charge in [0.2, 0.25) is 0 Å². The van der Waals surface area contributed by atoms with Crippen LogP contribution < -0.4 is 0 Å². The van der Waals surface area contributed by atoms with Crippen LogP contribution >= 0.6 is 0 Å². The van der Waals surface area contributed by atoms with Crippen LogP contribution in [0.25, 0.3) is 100 Å². The third-order valence-electron chi connectivity index (χ3n) is 12.5. The lowest BCUT2D eigenvalue weighted by atomic mass is 9.96. The highest BCUT2D eigenvalue weighted by molar-refractivity contribution is 6.12. The fourth-order valence-electron chi connectivity index (χ4n) is 9.29. The maximum atomic E-state index is 15.0. The molecule has 5 nitrogen and oxygen atoms in total. The zero-order chi connectivity index (χ0) is 48.9. The summed E-state index contributed by atoms with van der Waals surface area (Å²) in [5.74, 6) is 0.916. The molecule has 11 aromatic rings. The molecular formula is C56H34F9N5. The Hall–Kier alpha value is -8.26. The zero-order valence-electron chi connectivity index (χ0n) is 36.8. The molecule has 70 heavy (non-hydrogen) atoms. The number of halogens is 9. The number of aromatic nitrogens is 5. The van der Waals surface area contributed by atoms with Crippen molar-refractivity contribution < 1.29 is 39.5 Å². The molecule has 0 aliphatic rings. The van der Waals surface area contributed by atoms with E-state index in [0.717, 1.165) is 81.5 Å². The van der Waals surface area contributed by atoms with Crippen LogP contribution in [0.3, 0.4) is 0 Å². The van der Waals surface area contributed by atoms with Gasteiger partial charge in [-0.3, -0.25) is 0 Å². The fraction of sp³-hybridized carbons (Fsp3) is 0.0893. The van der Waals surface area contributed by atoms with E-state index in [1.807, 2.05) is 109 Å². The number of hydrogen-bond acceptors (Lipinski definition) is 3. The van der Waals surface area contributed by atoms with E-state index in [9.17, 15) is 26.3 Å². The Kier molecular flexibility index (Phi) is 10.2. The lowest BCUT2D eigenvalue weighted by Crippen LogP contribution is -2.09. The van der Waals surface area contributed by atoms with E-state index in [-0.39, 0.29) is 38.9 Å². The van der Waals surface area contributed by atoms with Crippen LogP contribution in [0.15, 0.2) is 170 Å². The van der Waals surface area contributed by atoms with E-state index in [1.165, 1.54) is 10.6 Å². The van der Waals surface area contributed by atoms with Gasteiger partial charge in [0.25, 0.3) is 0 Å². The summed E-state index contributed by atoms with van der Waals surface area (Å²) in [6, 6.07) is 44.0. The molecule has 0 amide bonds. The standard InChI is InChI=1S/C56H34F9N5/c1-31-13-20-45-40(25-31)41-26-32(2)14-21-46(41)69(45)47-22-15-35(53-67-51(33-9-5-3-6-10-33)66-52(68-53)34-11-7-4-8-12-34)27-42(47)39-19-16-38(56(63,64)65)30-50(39)70-48-23-17-36(54(57,58)59)28-43(48)44-29-37(55(60,61)62)18-24-49(44)70/h3-30H,1-2H3. The van der Waals surface area contributed by atoms with Gasteiger partial charge in [0.05, 0.1) is 50.1 Å². The van der Waals surface area contributed by atoms with Crippen molar-refractivity contribution in [3.63, 3.8) is 0 Å². The van der Waals surface area contributed by atoms with Gasteiger partial charge < -0.3 is 9.13 Å². The van der Waals surface area contributed by atoms with Crippen LogP contribution in [0.5, 0.6) is 0 Å². The molecular weight excluding hydrogens is 914 g/mol. The van der Waals surface area contributed by atoms with Crippen LogP contribution in [0.4, 0.5) is 39.5 Å². The number of hydrogen-bond donors (Lipinski definition) is 0. The number of rotatable bonds is 6. The van der Waals surface area contributed by atoms with Gasteiger partial charge in [-0.2, -0.15) is 39.5 Å². The van der Waals surface area contributed by atoms with E-state index in [0.29, 0.717) is 39.6 Å². The number of fused-ring (bicyclic) bond motifs is 6. The summed E-state index contributed by atoms with van der Waals surface area (Å²) >= 11 is 0. The fourth-order valence-corrected chi connectivity index (χ4v) is 9.29. The molecule has 0 fully saturated rings. The van der Waals surface area contributed by atoms with E-state index in [2.05, 4.69) is 12.1 Å². The molecule has 0 saturated heterocycles. The second-order valence-electron chi connectivity index (χ2n) is 17.2. The summed E-state index contributed by atoms with van der Waals surface area (Å²) in [5, 5.41) is 1.33. The van der Waals surface area contributed by atoms with Gasteiger partial charge in [0.1, 0.15) is 0 Å². The molecule has 0 aliphatic carbocycles. The Morgan fingerprint density at radius 2 is 0.714 bits per heavy atom. The van der Waals surface area contributed by atoms with Crippen molar-refractivity contribution in [3.8, 4) is 56.7 Å². The van der Waals surface area contributed by atoms with Crippen LogP contribution in [-0.2, 0) is 18.5 Å². The zero-order valence-corrected chi connectivity index (χ0v) is 36.8. The minimum Gasteiger partial charge on any atom is -0.309 e. The number of nitrogens with zero attached hydrogens (tertiary/aromatic N) is 5. The smallest absolute Gasteiger partial charge is 0.309 e. The second-order valence-corrected chi connectivity index (χ2v) is 17.2. The summed E-state index contributed by atoms with van der Waals surface area (Å²) in [4.78, 5) is 14.7. The van der Waals surface area contributed by atoms with E-state index in [1.54, 1.807) is 12.1 Å². The molecule has 0 spiro atoms. The van der Waals surface area contributed by atoms with Crippen LogP contribution in [-0.4, -0.2) is 24.1 Å². The Bertz CT molecular complexity index is 3680. The van der Waals surface area contributed by atoms with Crippen molar-refractivity contribution in [1.29, 1.82) is 0 Å². The Morgan fingerprint density at radius 3 is 1.17 bits per heavy atom. The summed E-state index contributed by atoms with van der Waals surface area (Å²) in [6.07, 6.45) is -14.7. The van der Waals surface area contributed by atoms with Gasteiger partial charge in [-0.1, -0.05) is 90.0 Å². The highest BCUT2D eigenvalue weighted by Gasteiger charge is 2.35. The van der Waals surface area contributed by atoms with Gasteiger partial charge >= 0.3 is 18.5 Å². The van der Waals surface area contributed by atoms with Crippen molar-refractivity contribution in [2.24, 2.45) is 0 Å². The first-order chi connectivity index (χ1) is 33.4. The Balaban J connectivity index is 1.27. The number of benzene rings is 8. The third kappa shape index (κ3) is 7.69. The van der Waals surface area contributed by atoms with E-state index in [4.69, 9.17) is 15.0 Å². The molecule has 346 valence electrons. The molecule has 0 bridgehead atoms. The lowest BCUT2D eigenvalue weighted by molar-refractivity contribution is -0.138. The van der Waals surface area contributed by atoms with Crippen molar-refractivity contribution in [2.75, 3.05) is 0 Å². The average Bonchev–Trinajstić information content (AvgIpc) is 3.84. The molecule has 11 rings (SSSR count). The molecule has 0 N–H and O–H groups in total. The summed E-state index contributed by atoms with van der Waals surface area (Å²) in [6.45, 7) is 3.94. The summed E-state index contributed by atoms with van der Waals surface area (Å²) in [5.41, 5.74) is 2.67. The quantitative estimate of drug-likeness (QED) is 0.156. The highest BCUT2D eigenvalue weighted by atomic mass is 19.4. The normalized spacial score (nSPS) is 12.5. The monoisotopic (exact) mass is 947 g/mol. The molecule has 0 radical (unpaired) electrons. The molecule has 3 heterocycles. The van der Waals surface area contributed by atoms with Crippen LogP contribution in [0.2, 0.25) is 0 Å². The van der Waals surface area contributed by atoms with Crippen LogP contribution in [0.1, 0.15) is 27.8 Å². The second kappa shape index (κ2) is 16.2. The first-order valence-electron chi connectivity index (χ1n) is 21.9. The lowest BCUT2D eigenvalue weighted by Gasteiger charge is -2.21. The van der Waals surface area contributed by atoms with Crippen molar-refractivity contribution >= 4 is 43.6 Å². The molecule has 3 aromatic heterocycles. The maximum absolute atomic E-state index is 15.0. The Morgan fingerprint density at radius 1 is 0.329 bits per heavy atom. The van der Waals surface area contributed by atoms with Crippen molar-refractivity contribution in [1.82, 2.24) is 24.1 Å². The first kappa shape index (κ1) is 44.3. The molecule has 8 aromatic carbocycles. The minimum absolute atomic E-state index is 0.0547. The van der Waals surface area contributed by atoms with E-state index < -0.39 is 35.2 Å². The molecule has 0 atom stereocenters. The average molecular weight is 948 g/mol. The largest absolute Gasteiger partial charge is 0.416 e. The molecule has 14 heteroatoms. The first-order valence-corrected chi connectivity index (χ1v) is 21.9. The van der Waals surface area contributed by atoms with Crippen molar-refractivity contribution in [2.45, 2.75) is 32.4 Å². The predicted molar refractivity (Wildman–Crippen MR) is 255 cm³/mol. The van der Waals surface area contributed by atoms with Crippen LogP contribution in [0, 0.1) is 13.8 Å². The SMILES string of the molecule is Cc1ccc2c(c1)c1cc(C)ccc1n2-c1ccc(-c2nc(-c3ccccc3)nc(-c3ccccc3)n2)cc1-c1ccc(C(F)(F)F)cc1-n1c2ccc(C(F)(F)F)cc2c2cc(C(F)(F)F)ccc21. The summed E-state index contributed by atoms with van der Waals surface area (Å²) in [7, 11) is 0. The predicted octanol–water partition coefficient (Wildman–Crippen LogP) is 16.4. The van der Waals surface area contributed by atoms with Gasteiger partial charge in [-0.15, -0.1) is 0 Å². The topological polar surface area (TPSA) is 48.5 Å². The highest BCUT2D eigenvalue weighted by Crippen LogP contribution is 2.46. The minimum atomic E-state index is -4.92. The van der Waals surface area contributed by atoms with Gasteiger partial charge in [-0.05, 0) is 105 Å². The van der Waals surface area contributed by atoms with Gasteiger partial charge in [-0.25, -0.2) is 15.0 Å². The van der Waals surface area contributed by atoms with Gasteiger partial charge in [0.15, 0.2) is 17.5 Å². The molecule has 0 unspecified atom stereocenters. The van der Waals surface area contributed by atoms with Gasteiger partial charge in [0, 0.05) is 49.4 Å². The number of alkyl halides is 9. The molecule has 0 aliphatic heterocycles. The van der Waals surface area contributed by atoms with Crippen molar-refractivity contribution in [3.05, 3.63) is 198 Å².